The van der Waals surface area contributed by atoms with Gasteiger partial charge in [0.1, 0.15) is 0 Å². The molecule has 20 heavy (non-hydrogen) atoms. The van der Waals surface area contributed by atoms with Crippen molar-refractivity contribution in [3.8, 4) is 0 Å². The van der Waals surface area contributed by atoms with Crippen molar-refractivity contribution in [3.63, 3.8) is 0 Å². The van der Waals surface area contributed by atoms with E-state index in [2.05, 4.69) is 34.3 Å². The van der Waals surface area contributed by atoms with E-state index in [1.165, 1.54) is 0 Å². The molecule has 5 nitrogen and oxygen atoms in total. The van der Waals surface area contributed by atoms with E-state index < -0.39 is 0 Å². The molecule has 2 aromatic rings. The Morgan fingerprint density at radius 1 is 1.25 bits per heavy atom. The SMILES string of the molecule is CC(C)CNCc1ccc(N(C)Cc2cscn2)nn1. The molecule has 0 fully saturated rings. The van der Waals surface area contributed by atoms with Gasteiger partial charge in [0.2, 0.25) is 0 Å². The highest BCUT2D eigenvalue weighted by Crippen LogP contribution is 2.12. The minimum Gasteiger partial charge on any atom is -0.352 e. The molecule has 0 aromatic carbocycles. The highest BCUT2D eigenvalue weighted by Gasteiger charge is 2.06. The maximum atomic E-state index is 4.27. The first-order valence-corrected chi connectivity index (χ1v) is 7.71. The van der Waals surface area contributed by atoms with Gasteiger partial charge in [-0.2, -0.15) is 5.10 Å². The second kappa shape index (κ2) is 7.31. The largest absolute Gasteiger partial charge is 0.352 e. The van der Waals surface area contributed by atoms with Gasteiger partial charge in [0.25, 0.3) is 0 Å². The van der Waals surface area contributed by atoms with Crippen molar-refractivity contribution < 1.29 is 0 Å². The molecule has 0 aliphatic carbocycles. The fraction of sp³-hybridized carbons (Fsp3) is 0.500. The summed E-state index contributed by atoms with van der Waals surface area (Å²) in [6.07, 6.45) is 0. The summed E-state index contributed by atoms with van der Waals surface area (Å²) >= 11 is 1.61. The molecule has 0 aliphatic heterocycles. The molecular weight excluding hydrogens is 270 g/mol. The Morgan fingerprint density at radius 3 is 2.70 bits per heavy atom. The van der Waals surface area contributed by atoms with Crippen LogP contribution in [0.2, 0.25) is 0 Å². The van der Waals surface area contributed by atoms with Crippen molar-refractivity contribution in [1.29, 1.82) is 0 Å². The molecule has 0 radical (unpaired) electrons. The summed E-state index contributed by atoms with van der Waals surface area (Å²) in [5.41, 5.74) is 3.87. The van der Waals surface area contributed by atoms with Crippen LogP contribution in [0.1, 0.15) is 25.2 Å². The standard InChI is InChI=1S/C14H21N5S/c1-11(2)6-15-7-12-4-5-14(18-17-12)19(3)8-13-9-20-10-16-13/h4-5,9-11,15H,6-8H2,1-3H3. The normalized spacial score (nSPS) is 11.0. The molecule has 6 heteroatoms. The summed E-state index contributed by atoms with van der Waals surface area (Å²) in [7, 11) is 2.00. The Labute approximate surface area is 124 Å². The first-order chi connectivity index (χ1) is 9.65. The minimum absolute atomic E-state index is 0.645. The van der Waals surface area contributed by atoms with Gasteiger partial charge >= 0.3 is 0 Å². The van der Waals surface area contributed by atoms with Gasteiger partial charge in [-0.05, 0) is 24.6 Å². The highest BCUT2D eigenvalue weighted by atomic mass is 32.1. The number of aromatic nitrogens is 3. The van der Waals surface area contributed by atoms with Crippen molar-refractivity contribution in [3.05, 3.63) is 34.4 Å². The molecule has 108 valence electrons. The van der Waals surface area contributed by atoms with Crippen molar-refractivity contribution in [2.24, 2.45) is 5.92 Å². The van der Waals surface area contributed by atoms with E-state index in [1.54, 1.807) is 11.3 Å². The number of hydrogen-bond acceptors (Lipinski definition) is 6. The number of nitrogens with one attached hydrogen (secondary N) is 1. The van der Waals surface area contributed by atoms with E-state index >= 15 is 0 Å². The fourth-order valence-electron chi connectivity index (χ4n) is 1.78. The molecule has 0 saturated carbocycles. The predicted octanol–water partition coefficient (Wildman–Crippen LogP) is 2.32. The minimum atomic E-state index is 0.645. The lowest BCUT2D eigenvalue weighted by molar-refractivity contribution is 0.546. The van der Waals surface area contributed by atoms with Gasteiger partial charge in [0, 0.05) is 19.0 Å². The third-order valence-electron chi connectivity index (χ3n) is 2.84. The van der Waals surface area contributed by atoms with Crippen LogP contribution in [0, 0.1) is 5.92 Å². The van der Waals surface area contributed by atoms with Crippen LogP contribution < -0.4 is 10.2 Å². The van der Waals surface area contributed by atoms with Gasteiger partial charge in [-0.3, -0.25) is 0 Å². The third kappa shape index (κ3) is 4.54. The van der Waals surface area contributed by atoms with E-state index in [9.17, 15) is 0 Å². The quantitative estimate of drug-likeness (QED) is 0.848. The van der Waals surface area contributed by atoms with Crippen LogP contribution in [0.25, 0.3) is 0 Å². The Kier molecular flexibility index (Phi) is 5.43. The van der Waals surface area contributed by atoms with Crippen LogP contribution in [0.5, 0.6) is 0 Å². The molecule has 2 heterocycles. The lowest BCUT2D eigenvalue weighted by Crippen LogP contribution is -2.21. The average Bonchev–Trinajstić information content (AvgIpc) is 2.92. The molecule has 2 rings (SSSR count). The Balaban J connectivity index is 1.87. The maximum absolute atomic E-state index is 4.27. The zero-order valence-corrected chi connectivity index (χ0v) is 13.0. The summed E-state index contributed by atoms with van der Waals surface area (Å²) in [5.74, 6) is 1.51. The molecule has 2 aromatic heterocycles. The lowest BCUT2D eigenvalue weighted by Gasteiger charge is -2.16. The van der Waals surface area contributed by atoms with Gasteiger partial charge in [0.05, 0.1) is 23.4 Å². The molecule has 0 bridgehead atoms. The van der Waals surface area contributed by atoms with E-state index in [-0.39, 0.29) is 0 Å². The van der Waals surface area contributed by atoms with Gasteiger partial charge in [0.15, 0.2) is 5.82 Å². The van der Waals surface area contributed by atoms with Crippen molar-refractivity contribution in [2.45, 2.75) is 26.9 Å². The van der Waals surface area contributed by atoms with Gasteiger partial charge < -0.3 is 10.2 Å². The third-order valence-corrected chi connectivity index (χ3v) is 3.47. The molecule has 0 aliphatic rings. The van der Waals surface area contributed by atoms with Crippen LogP contribution in [-0.2, 0) is 13.1 Å². The molecule has 0 atom stereocenters. The van der Waals surface area contributed by atoms with E-state index in [1.807, 2.05) is 35.0 Å². The second-order valence-corrected chi connectivity index (χ2v) is 5.96. The van der Waals surface area contributed by atoms with Gasteiger partial charge in [-0.1, -0.05) is 13.8 Å². The monoisotopic (exact) mass is 291 g/mol. The van der Waals surface area contributed by atoms with E-state index in [4.69, 9.17) is 0 Å². The van der Waals surface area contributed by atoms with Gasteiger partial charge in [-0.15, -0.1) is 16.4 Å². The van der Waals surface area contributed by atoms with Crippen molar-refractivity contribution in [2.75, 3.05) is 18.5 Å². The van der Waals surface area contributed by atoms with Crippen LogP contribution in [-0.4, -0.2) is 28.8 Å². The summed E-state index contributed by atoms with van der Waals surface area (Å²) in [5, 5.41) is 13.9. The first kappa shape index (κ1) is 14.9. The number of nitrogens with zero attached hydrogens (tertiary/aromatic N) is 4. The number of anilines is 1. The fourth-order valence-corrected chi connectivity index (χ4v) is 2.33. The summed E-state index contributed by atoms with van der Waals surface area (Å²) < 4.78 is 0. The van der Waals surface area contributed by atoms with E-state index in [0.717, 1.165) is 36.8 Å². The lowest BCUT2D eigenvalue weighted by atomic mass is 10.2. The number of thiazole rings is 1. The zero-order chi connectivity index (χ0) is 14.4. The van der Waals surface area contributed by atoms with Crippen LogP contribution in [0.3, 0.4) is 0 Å². The Bertz CT molecular complexity index is 495. The number of hydrogen-bond donors (Lipinski definition) is 1. The van der Waals surface area contributed by atoms with Crippen molar-refractivity contribution in [1.82, 2.24) is 20.5 Å². The average molecular weight is 291 g/mol. The molecule has 0 spiro atoms. The Morgan fingerprint density at radius 2 is 2.10 bits per heavy atom. The first-order valence-electron chi connectivity index (χ1n) is 6.76. The molecule has 0 amide bonds. The summed E-state index contributed by atoms with van der Waals surface area (Å²) in [4.78, 5) is 6.32. The summed E-state index contributed by atoms with van der Waals surface area (Å²) in [6.45, 7) is 6.89. The van der Waals surface area contributed by atoms with Crippen molar-refractivity contribution >= 4 is 17.2 Å². The van der Waals surface area contributed by atoms with Gasteiger partial charge in [-0.25, -0.2) is 4.98 Å². The van der Waals surface area contributed by atoms with Crippen LogP contribution in [0.15, 0.2) is 23.0 Å². The maximum Gasteiger partial charge on any atom is 0.151 e. The summed E-state index contributed by atoms with van der Waals surface area (Å²) in [6, 6.07) is 4.03. The Hall–Kier alpha value is -1.53. The highest BCUT2D eigenvalue weighted by molar-refractivity contribution is 7.07. The molecular formula is C14H21N5S. The topological polar surface area (TPSA) is 53.9 Å². The van der Waals surface area contributed by atoms with Crippen LogP contribution >= 0.6 is 11.3 Å². The number of rotatable bonds is 7. The molecule has 0 unspecified atom stereocenters. The zero-order valence-electron chi connectivity index (χ0n) is 12.2. The van der Waals surface area contributed by atoms with E-state index in [0.29, 0.717) is 5.92 Å². The predicted molar refractivity (Wildman–Crippen MR) is 82.8 cm³/mol. The molecule has 0 saturated heterocycles. The molecule has 1 N–H and O–H groups in total. The van der Waals surface area contributed by atoms with Crippen LogP contribution in [0.4, 0.5) is 5.82 Å². The second-order valence-electron chi connectivity index (χ2n) is 5.24. The smallest absolute Gasteiger partial charge is 0.151 e.